The predicted molar refractivity (Wildman–Crippen MR) is 74.7 cm³/mol. The van der Waals surface area contributed by atoms with Crippen LogP contribution in [0.3, 0.4) is 0 Å². The maximum atomic E-state index is 12.1. The Balaban J connectivity index is 0.00000200. The van der Waals surface area contributed by atoms with Gasteiger partial charge in [-0.3, -0.25) is 4.79 Å². The molecule has 0 atom stereocenters. The quantitative estimate of drug-likeness (QED) is 0.583. The number of piperazine rings is 1. The molecule has 2 heterocycles. The van der Waals surface area contributed by atoms with Crippen LogP contribution in [-0.2, 0) is 11.3 Å². The Hall–Kier alpha value is -0.940. The number of likely N-dealkylation sites (N-methyl/N-ethyl adjacent to an activating group) is 1. The lowest BCUT2D eigenvalue weighted by Crippen LogP contribution is -3.00. The Bertz CT molecular complexity index is 414. The van der Waals surface area contributed by atoms with Crippen molar-refractivity contribution in [2.45, 2.75) is 26.8 Å². The fraction of sp³-hybridized carbons (Fsp3) is 0.600. The molecule has 1 aliphatic rings. The molecule has 112 valence electrons. The summed E-state index contributed by atoms with van der Waals surface area (Å²) in [5.74, 6) is 0.281. The molecule has 1 saturated heterocycles. The molecule has 1 aromatic heterocycles. The van der Waals surface area contributed by atoms with Gasteiger partial charge in [-0.1, -0.05) is 6.92 Å². The maximum Gasteiger partial charge on any atom is 0.229 e. The highest BCUT2D eigenvalue weighted by molar-refractivity contribution is 5.76. The van der Waals surface area contributed by atoms with Crippen molar-refractivity contribution in [1.29, 1.82) is 0 Å². The van der Waals surface area contributed by atoms with E-state index >= 15 is 0 Å². The number of nitrogens with zero attached hydrogens (tertiary/aromatic N) is 3. The van der Waals surface area contributed by atoms with Crippen LogP contribution >= 0.6 is 0 Å². The zero-order chi connectivity index (χ0) is 13.7. The lowest BCUT2D eigenvalue weighted by molar-refractivity contribution is -0.696. The Morgan fingerprint density at radius 2 is 1.80 bits per heavy atom. The second kappa shape index (κ2) is 8.37. The number of pyridine rings is 1. The van der Waals surface area contributed by atoms with Crippen molar-refractivity contribution in [2.75, 3.05) is 32.7 Å². The third kappa shape index (κ3) is 4.87. The zero-order valence-electron chi connectivity index (χ0n) is 12.4. The molecule has 4 nitrogen and oxygen atoms in total. The van der Waals surface area contributed by atoms with Gasteiger partial charge in [0.25, 0.3) is 0 Å². The van der Waals surface area contributed by atoms with Crippen molar-refractivity contribution in [3.05, 3.63) is 30.1 Å². The van der Waals surface area contributed by atoms with Gasteiger partial charge >= 0.3 is 0 Å². The minimum atomic E-state index is 0. The number of aromatic nitrogens is 1. The maximum absolute atomic E-state index is 12.1. The van der Waals surface area contributed by atoms with E-state index in [4.69, 9.17) is 0 Å². The first-order valence-electron chi connectivity index (χ1n) is 7.15. The van der Waals surface area contributed by atoms with Gasteiger partial charge in [0.15, 0.2) is 18.9 Å². The van der Waals surface area contributed by atoms with Gasteiger partial charge in [0.1, 0.15) is 0 Å². The number of carbonyl (C=O) groups excluding carboxylic acids is 1. The monoisotopic (exact) mass is 341 g/mol. The molecule has 1 aliphatic heterocycles. The topological polar surface area (TPSA) is 27.4 Å². The van der Waals surface area contributed by atoms with E-state index in [2.05, 4.69) is 35.4 Å². The number of rotatable bonds is 4. The van der Waals surface area contributed by atoms with Crippen LogP contribution in [0.1, 0.15) is 18.9 Å². The predicted octanol–water partition coefficient (Wildman–Crippen LogP) is -2.16. The van der Waals surface area contributed by atoms with Crippen LogP contribution in [0.15, 0.2) is 24.5 Å². The Labute approximate surface area is 132 Å². The van der Waals surface area contributed by atoms with Gasteiger partial charge in [0, 0.05) is 38.3 Å². The smallest absolute Gasteiger partial charge is 0.229 e. The molecule has 0 aromatic carbocycles. The largest absolute Gasteiger partial charge is 1.00 e. The van der Waals surface area contributed by atoms with Crippen molar-refractivity contribution in [1.82, 2.24) is 9.80 Å². The van der Waals surface area contributed by atoms with Crippen molar-refractivity contribution >= 4 is 5.91 Å². The summed E-state index contributed by atoms with van der Waals surface area (Å²) in [7, 11) is 0. The number of aryl methyl sites for hydroxylation is 2. The summed E-state index contributed by atoms with van der Waals surface area (Å²) < 4.78 is 2.08. The lowest BCUT2D eigenvalue weighted by atomic mass is 10.2. The third-order valence-corrected chi connectivity index (χ3v) is 3.81. The van der Waals surface area contributed by atoms with E-state index in [0.29, 0.717) is 6.42 Å². The van der Waals surface area contributed by atoms with Gasteiger partial charge in [-0.05, 0) is 19.0 Å². The average Bonchev–Trinajstić information content (AvgIpc) is 2.46. The van der Waals surface area contributed by atoms with Gasteiger partial charge in [0.2, 0.25) is 5.91 Å². The van der Waals surface area contributed by atoms with Crippen LogP contribution in [0.4, 0.5) is 0 Å². The van der Waals surface area contributed by atoms with Crippen LogP contribution in [0, 0.1) is 6.92 Å². The molecule has 5 heteroatoms. The number of hydrogen-bond acceptors (Lipinski definition) is 2. The first kappa shape index (κ1) is 17.1. The molecule has 0 saturated carbocycles. The molecule has 0 N–H and O–H groups in total. The van der Waals surface area contributed by atoms with Crippen molar-refractivity contribution < 1.29 is 26.3 Å². The van der Waals surface area contributed by atoms with Gasteiger partial charge in [-0.25, -0.2) is 4.57 Å². The Morgan fingerprint density at radius 3 is 2.35 bits per heavy atom. The fourth-order valence-electron chi connectivity index (χ4n) is 2.38. The summed E-state index contributed by atoms with van der Waals surface area (Å²) >= 11 is 0. The van der Waals surface area contributed by atoms with Crippen molar-refractivity contribution in [3.63, 3.8) is 0 Å². The third-order valence-electron chi connectivity index (χ3n) is 3.81. The zero-order valence-corrected chi connectivity index (χ0v) is 14.0. The molecule has 2 rings (SSSR count). The molecule has 1 aromatic rings. The van der Waals surface area contributed by atoms with Gasteiger partial charge < -0.3 is 26.8 Å². The van der Waals surface area contributed by atoms with E-state index in [0.717, 1.165) is 39.3 Å². The molecule has 20 heavy (non-hydrogen) atoms. The van der Waals surface area contributed by atoms with Crippen LogP contribution in [-0.4, -0.2) is 48.4 Å². The minimum absolute atomic E-state index is 0. The summed E-state index contributed by atoms with van der Waals surface area (Å²) in [6.07, 6.45) is 4.68. The average molecular weight is 342 g/mol. The van der Waals surface area contributed by atoms with E-state index in [1.54, 1.807) is 0 Å². The molecule has 0 unspecified atom stereocenters. The molecular weight excluding hydrogens is 318 g/mol. The summed E-state index contributed by atoms with van der Waals surface area (Å²) in [4.78, 5) is 16.5. The van der Waals surface area contributed by atoms with Crippen molar-refractivity contribution in [3.8, 4) is 0 Å². The highest BCUT2D eigenvalue weighted by Crippen LogP contribution is 2.03. The van der Waals surface area contributed by atoms with Crippen LogP contribution in [0.2, 0.25) is 0 Å². The van der Waals surface area contributed by atoms with Crippen molar-refractivity contribution in [2.24, 2.45) is 0 Å². The van der Waals surface area contributed by atoms with E-state index in [1.807, 2.05) is 17.3 Å². The molecule has 1 amide bonds. The second-order valence-electron chi connectivity index (χ2n) is 5.18. The minimum Gasteiger partial charge on any atom is -1.00 e. The normalized spacial score (nSPS) is 15.8. The SMILES string of the molecule is CCN1CCN(C(=O)CC[n+]2ccc(C)cc2)CC1.[Br-]. The van der Waals surface area contributed by atoms with Crippen LogP contribution in [0.25, 0.3) is 0 Å². The standard InChI is InChI=1S/C15H24N3O.BrH/c1-3-16-10-12-18(13-11-16)15(19)6-9-17-7-4-14(2)5-8-17;/h4-5,7-8H,3,6,9-13H2,1-2H3;1H/q+1;/p-1. The molecule has 0 aliphatic carbocycles. The molecular formula is C15H24BrN3O. The number of amides is 1. The van der Waals surface area contributed by atoms with E-state index in [9.17, 15) is 4.79 Å². The Kier molecular flexibility index (Phi) is 7.16. The van der Waals surface area contributed by atoms with E-state index < -0.39 is 0 Å². The van der Waals surface area contributed by atoms with Crippen LogP contribution < -0.4 is 21.5 Å². The fourth-order valence-corrected chi connectivity index (χ4v) is 2.38. The van der Waals surface area contributed by atoms with E-state index in [1.165, 1.54) is 5.56 Å². The summed E-state index contributed by atoms with van der Waals surface area (Å²) in [6, 6.07) is 4.15. The summed E-state index contributed by atoms with van der Waals surface area (Å²) in [5, 5.41) is 0. The molecule has 0 spiro atoms. The molecule has 1 fully saturated rings. The van der Waals surface area contributed by atoms with E-state index in [-0.39, 0.29) is 22.9 Å². The van der Waals surface area contributed by atoms with Crippen LogP contribution in [0.5, 0.6) is 0 Å². The highest BCUT2D eigenvalue weighted by atomic mass is 79.9. The highest BCUT2D eigenvalue weighted by Gasteiger charge is 2.20. The lowest BCUT2D eigenvalue weighted by Gasteiger charge is -2.33. The van der Waals surface area contributed by atoms with Gasteiger partial charge in [-0.2, -0.15) is 0 Å². The van der Waals surface area contributed by atoms with Gasteiger partial charge in [-0.15, -0.1) is 0 Å². The summed E-state index contributed by atoms with van der Waals surface area (Å²) in [6.45, 7) is 9.89. The number of hydrogen-bond donors (Lipinski definition) is 0. The first-order valence-corrected chi connectivity index (χ1v) is 7.15. The molecule has 0 radical (unpaired) electrons. The first-order chi connectivity index (χ1) is 9.19. The second-order valence-corrected chi connectivity index (χ2v) is 5.18. The molecule has 0 bridgehead atoms. The summed E-state index contributed by atoms with van der Waals surface area (Å²) in [5.41, 5.74) is 1.25. The number of carbonyl (C=O) groups is 1. The Morgan fingerprint density at radius 1 is 1.20 bits per heavy atom. The van der Waals surface area contributed by atoms with Gasteiger partial charge in [0.05, 0.1) is 6.42 Å². The number of halogens is 1.